The van der Waals surface area contributed by atoms with Crippen molar-refractivity contribution in [2.45, 2.75) is 32.4 Å². The van der Waals surface area contributed by atoms with E-state index in [0.717, 1.165) is 4.88 Å². The van der Waals surface area contributed by atoms with Crippen LogP contribution in [-0.2, 0) is 4.79 Å². The van der Waals surface area contributed by atoms with E-state index in [4.69, 9.17) is 0 Å². The minimum absolute atomic E-state index is 0.0428. The molecule has 2 aromatic heterocycles. The molecular weight excluding hydrogens is 276 g/mol. The molecule has 106 valence electrons. The van der Waals surface area contributed by atoms with E-state index in [2.05, 4.69) is 15.4 Å². The van der Waals surface area contributed by atoms with E-state index in [9.17, 15) is 9.59 Å². The van der Waals surface area contributed by atoms with Gasteiger partial charge in [-0.25, -0.2) is 9.67 Å². The van der Waals surface area contributed by atoms with Crippen molar-refractivity contribution >= 4 is 23.0 Å². The van der Waals surface area contributed by atoms with Crippen molar-refractivity contribution in [1.29, 1.82) is 0 Å². The first-order valence-electron chi connectivity index (χ1n) is 6.29. The van der Waals surface area contributed by atoms with Crippen LogP contribution in [-0.4, -0.2) is 32.5 Å². The van der Waals surface area contributed by atoms with Crippen molar-refractivity contribution in [2.24, 2.45) is 0 Å². The number of nitrogens with zero attached hydrogens (tertiary/aromatic N) is 3. The van der Waals surface area contributed by atoms with Gasteiger partial charge in [0.05, 0.1) is 4.88 Å². The molecule has 0 bridgehead atoms. The number of Topliss-reactive ketones (excluding diaryl/α,β-unsaturated/α-hetero) is 1. The number of rotatable bonds is 6. The predicted octanol–water partition coefficient (Wildman–Crippen LogP) is 1.68. The molecule has 0 saturated heterocycles. The highest BCUT2D eigenvalue weighted by atomic mass is 32.1. The topological polar surface area (TPSA) is 76.9 Å². The van der Waals surface area contributed by atoms with Crippen LogP contribution in [0.15, 0.2) is 30.2 Å². The minimum Gasteiger partial charge on any atom is -0.351 e. The lowest BCUT2D eigenvalue weighted by Gasteiger charge is -2.16. The van der Waals surface area contributed by atoms with Crippen molar-refractivity contribution < 1.29 is 9.59 Å². The Bertz CT molecular complexity index is 565. The Morgan fingerprint density at radius 1 is 1.45 bits per heavy atom. The zero-order valence-electron chi connectivity index (χ0n) is 11.3. The fraction of sp³-hybridized carbons (Fsp3) is 0.385. The molecule has 2 unspecified atom stereocenters. The van der Waals surface area contributed by atoms with Crippen LogP contribution in [0, 0.1) is 0 Å². The lowest BCUT2D eigenvalue weighted by atomic mass is 10.1. The van der Waals surface area contributed by atoms with Gasteiger partial charge in [-0.3, -0.25) is 9.59 Å². The molecule has 0 aliphatic heterocycles. The van der Waals surface area contributed by atoms with Gasteiger partial charge in [0.2, 0.25) is 5.91 Å². The molecule has 2 atom stereocenters. The van der Waals surface area contributed by atoms with Crippen LogP contribution in [0.3, 0.4) is 0 Å². The second-order valence-electron chi connectivity index (χ2n) is 4.57. The summed E-state index contributed by atoms with van der Waals surface area (Å²) in [7, 11) is 0. The molecule has 0 spiro atoms. The van der Waals surface area contributed by atoms with Crippen LogP contribution in [0.1, 0.15) is 36.0 Å². The van der Waals surface area contributed by atoms with Crippen molar-refractivity contribution in [3.05, 3.63) is 35.0 Å². The van der Waals surface area contributed by atoms with Gasteiger partial charge in [-0.15, -0.1) is 11.3 Å². The molecule has 0 fully saturated rings. The van der Waals surface area contributed by atoms with Gasteiger partial charge < -0.3 is 5.32 Å². The summed E-state index contributed by atoms with van der Waals surface area (Å²) in [5, 5.41) is 8.61. The summed E-state index contributed by atoms with van der Waals surface area (Å²) in [4.78, 5) is 28.5. The molecule has 0 saturated carbocycles. The summed E-state index contributed by atoms with van der Waals surface area (Å²) in [6.45, 7) is 3.55. The van der Waals surface area contributed by atoms with E-state index < -0.39 is 6.04 Å². The van der Waals surface area contributed by atoms with Gasteiger partial charge in [-0.1, -0.05) is 6.07 Å². The Kier molecular flexibility index (Phi) is 4.62. The summed E-state index contributed by atoms with van der Waals surface area (Å²) in [6.07, 6.45) is 3.16. The van der Waals surface area contributed by atoms with Gasteiger partial charge in [0, 0.05) is 12.5 Å². The highest BCUT2D eigenvalue weighted by Gasteiger charge is 2.19. The Labute approximate surface area is 120 Å². The normalized spacial score (nSPS) is 13.7. The average Bonchev–Trinajstić information content (AvgIpc) is 3.10. The largest absolute Gasteiger partial charge is 0.351 e. The second kappa shape index (κ2) is 6.42. The van der Waals surface area contributed by atoms with Crippen LogP contribution in [0.2, 0.25) is 0 Å². The monoisotopic (exact) mass is 292 g/mol. The second-order valence-corrected chi connectivity index (χ2v) is 5.51. The highest BCUT2D eigenvalue weighted by molar-refractivity contribution is 7.12. The Hall–Kier alpha value is -2.02. The molecule has 1 N–H and O–H groups in total. The Morgan fingerprint density at radius 3 is 2.85 bits per heavy atom. The van der Waals surface area contributed by atoms with Gasteiger partial charge in [-0.05, 0) is 25.3 Å². The highest BCUT2D eigenvalue weighted by Crippen LogP contribution is 2.12. The third kappa shape index (κ3) is 3.51. The fourth-order valence-corrected chi connectivity index (χ4v) is 2.44. The van der Waals surface area contributed by atoms with Crippen LogP contribution < -0.4 is 5.32 Å². The van der Waals surface area contributed by atoms with Crippen molar-refractivity contribution in [1.82, 2.24) is 20.1 Å². The predicted molar refractivity (Wildman–Crippen MR) is 75.6 cm³/mol. The third-order valence-corrected chi connectivity index (χ3v) is 3.80. The number of aromatic nitrogens is 3. The molecule has 0 aliphatic carbocycles. The SMILES string of the molecule is CC(CC(=O)c1cccs1)NC(=O)C(C)n1cncn1. The van der Waals surface area contributed by atoms with E-state index in [0.29, 0.717) is 0 Å². The van der Waals surface area contributed by atoms with E-state index in [1.807, 2.05) is 18.4 Å². The first kappa shape index (κ1) is 14.4. The van der Waals surface area contributed by atoms with E-state index in [1.54, 1.807) is 13.0 Å². The summed E-state index contributed by atoms with van der Waals surface area (Å²) in [5.74, 6) is -0.136. The number of carbonyl (C=O) groups excluding carboxylic acids is 2. The molecule has 1 amide bonds. The summed E-state index contributed by atoms with van der Waals surface area (Å²) in [5.41, 5.74) is 0. The lowest BCUT2D eigenvalue weighted by Crippen LogP contribution is -2.38. The number of carbonyl (C=O) groups is 2. The molecule has 0 radical (unpaired) electrons. The Balaban J connectivity index is 1.86. The molecule has 7 heteroatoms. The summed E-state index contributed by atoms with van der Waals surface area (Å²) < 4.78 is 1.48. The number of amides is 1. The molecule has 2 aromatic rings. The van der Waals surface area contributed by atoms with Crippen molar-refractivity contribution in [3.63, 3.8) is 0 Å². The number of ketones is 1. The van der Waals surface area contributed by atoms with Crippen LogP contribution >= 0.6 is 11.3 Å². The van der Waals surface area contributed by atoms with Crippen molar-refractivity contribution in [2.75, 3.05) is 0 Å². The zero-order valence-corrected chi connectivity index (χ0v) is 12.1. The van der Waals surface area contributed by atoms with Crippen LogP contribution in [0.5, 0.6) is 0 Å². The molecule has 0 aromatic carbocycles. The standard InChI is InChI=1S/C13H16N4O2S/c1-9(6-11(18)12-4-3-5-20-12)16-13(19)10(2)17-8-14-7-15-17/h3-5,7-10H,6H2,1-2H3,(H,16,19). The number of thiophene rings is 1. The Morgan fingerprint density at radius 2 is 2.25 bits per heavy atom. The van der Waals surface area contributed by atoms with Crippen LogP contribution in [0.25, 0.3) is 0 Å². The first-order chi connectivity index (χ1) is 9.58. The first-order valence-corrected chi connectivity index (χ1v) is 7.17. The maximum Gasteiger partial charge on any atom is 0.244 e. The van der Waals surface area contributed by atoms with Gasteiger partial charge in [0.15, 0.2) is 5.78 Å². The number of hydrogen-bond acceptors (Lipinski definition) is 5. The van der Waals surface area contributed by atoms with Gasteiger partial charge in [-0.2, -0.15) is 5.10 Å². The molecule has 2 rings (SSSR count). The van der Waals surface area contributed by atoms with E-state index >= 15 is 0 Å². The molecule has 2 heterocycles. The maximum atomic E-state index is 12.0. The van der Waals surface area contributed by atoms with E-state index in [-0.39, 0.29) is 24.2 Å². The summed E-state index contributed by atoms with van der Waals surface area (Å²) >= 11 is 1.41. The fourth-order valence-electron chi connectivity index (χ4n) is 1.77. The molecular formula is C13H16N4O2S. The summed E-state index contributed by atoms with van der Waals surface area (Å²) in [6, 6.07) is 2.97. The average molecular weight is 292 g/mol. The maximum absolute atomic E-state index is 12.0. The third-order valence-electron chi connectivity index (χ3n) is 2.89. The minimum atomic E-state index is -0.447. The van der Waals surface area contributed by atoms with Gasteiger partial charge >= 0.3 is 0 Å². The van der Waals surface area contributed by atoms with Gasteiger partial charge in [0.1, 0.15) is 18.7 Å². The van der Waals surface area contributed by atoms with E-state index in [1.165, 1.54) is 28.7 Å². The number of nitrogens with one attached hydrogen (secondary N) is 1. The van der Waals surface area contributed by atoms with Crippen LogP contribution in [0.4, 0.5) is 0 Å². The lowest BCUT2D eigenvalue weighted by molar-refractivity contribution is -0.124. The smallest absolute Gasteiger partial charge is 0.244 e. The quantitative estimate of drug-likeness (QED) is 0.822. The molecule has 6 nitrogen and oxygen atoms in total. The zero-order chi connectivity index (χ0) is 14.5. The van der Waals surface area contributed by atoms with Gasteiger partial charge in [0.25, 0.3) is 0 Å². The number of hydrogen-bond donors (Lipinski definition) is 1. The molecule has 20 heavy (non-hydrogen) atoms. The molecule has 0 aliphatic rings. The van der Waals surface area contributed by atoms with Crippen molar-refractivity contribution in [3.8, 4) is 0 Å².